The van der Waals surface area contributed by atoms with Gasteiger partial charge < -0.3 is 19.5 Å². The summed E-state index contributed by atoms with van der Waals surface area (Å²) in [5.41, 5.74) is 1.37. The third kappa shape index (κ3) is 5.41. The Hall–Kier alpha value is -1.42. The van der Waals surface area contributed by atoms with Crippen molar-refractivity contribution in [1.29, 1.82) is 0 Å². The molecule has 4 nitrogen and oxygen atoms in total. The van der Waals surface area contributed by atoms with Crippen LogP contribution in [-0.4, -0.2) is 26.9 Å². The lowest BCUT2D eigenvalue weighted by Gasteiger charge is -2.33. The molecular formula is C18H31NO3. The van der Waals surface area contributed by atoms with E-state index in [1.54, 1.807) is 21.3 Å². The van der Waals surface area contributed by atoms with Gasteiger partial charge in [-0.25, -0.2) is 0 Å². The van der Waals surface area contributed by atoms with E-state index in [0.717, 1.165) is 17.7 Å². The normalized spacial score (nSPS) is 12.2. The number of nitrogens with one attached hydrogen (secondary N) is 1. The molecule has 1 aromatic carbocycles. The van der Waals surface area contributed by atoms with Crippen molar-refractivity contribution < 1.29 is 14.2 Å². The summed E-state index contributed by atoms with van der Waals surface area (Å²) in [6, 6.07) is 3.84. The van der Waals surface area contributed by atoms with E-state index in [4.69, 9.17) is 14.2 Å². The van der Waals surface area contributed by atoms with Crippen molar-refractivity contribution in [2.24, 2.45) is 5.41 Å². The topological polar surface area (TPSA) is 39.7 Å². The first-order valence-electron chi connectivity index (χ1n) is 7.66. The number of rotatable bonds is 7. The van der Waals surface area contributed by atoms with Crippen molar-refractivity contribution >= 4 is 0 Å². The van der Waals surface area contributed by atoms with Crippen molar-refractivity contribution in [1.82, 2.24) is 5.32 Å². The van der Waals surface area contributed by atoms with Gasteiger partial charge in [-0.3, -0.25) is 0 Å². The van der Waals surface area contributed by atoms with Crippen LogP contribution in [0.2, 0.25) is 0 Å². The Morgan fingerprint density at radius 3 is 1.77 bits per heavy atom. The third-order valence-corrected chi connectivity index (χ3v) is 3.52. The molecule has 0 amide bonds. The maximum absolute atomic E-state index is 5.48. The Morgan fingerprint density at radius 2 is 1.32 bits per heavy atom. The molecule has 0 fully saturated rings. The predicted octanol–water partition coefficient (Wildman–Crippen LogP) is 4.02. The van der Waals surface area contributed by atoms with Crippen molar-refractivity contribution in [3.05, 3.63) is 17.7 Å². The van der Waals surface area contributed by atoms with E-state index in [9.17, 15) is 0 Å². The summed E-state index contributed by atoms with van der Waals surface area (Å²) in [7, 11) is 4.94. The minimum atomic E-state index is 0.0381. The van der Waals surface area contributed by atoms with Crippen LogP contribution in [0.1, 0.15) is 46.6 Å². The molecule has 0 atom stereocenters. The highest BCUT2D eigenvalue weighted by molar-refractivity contribution is 5.50. The summed E-state index contributed by atoms with van der Waals surface area (Å²) in [5, 5.41) is 3.62. The van der Waals surface area contributed by atoms with Crippen LogP contribution < -0.4 is 19.5 Å². The van der Waals surface area contributed by atoms with Crippen LogP contribution in [-0.2, 0) is 6.54 Å². The molecule has 4 heteroatoms. The Kier molecular flexibility index (Phi) is 6.12. The average molecular weight is 309 g/mol. The van der Waals surface area contributed by atoms with Crippen LogP contribution in [0.3, 0.4) is 0 Å². The molecule has 0 saturated heterocycles. The third-order valence-electron chi connectivity index (χ3n) is 3.52. The Balaban J connectivity index is 2.93. The first-order valence-corrected chi connectivity index (χ1v) is 7.66. The van der Waals surface area contributed by atoms with E-state index in [1.807, 2.05) is 12.1 Å². The van der Waals surface area contributed by atoms with Gasteiger partial charge in [0.2, 0.25) is 0 Å². The van der Waals surface area contributed by atoms with Gasteiger partial charge in [0, 0.05) is 23.7 Å². The smallest absolute Gasteiger partial charge is 0.164 e. The summed E-state index contributed by atoms with van der Waals surface area (Å²) in [4.78, 5) is 0. The lowest BCUT2D eigenvalue weighted by molar-refractivity contribution is 0.239. The van der Waals surface area contributed by atoms with Crippen molar-refractivity contribution in [2.45, 2.75) is 53.1 Å². The predicted molar refractivity (Wildman–Crippen MR) is 91.1 cm³/mol. The molecule has 0 saturated carbocycles. The lowest BCUT2D eigenvalue weighted by Crippen LogP contribution is -2.41. The van der Waals surface area contributed by atoms with Gasteiger partial charge in [-0.05, 0) is 31.7 Å². The Bertz CT molecular complexity index is 490. The fourth-order valence-corrected chi connectivity index (χ4v) is 2.95. The van der Waals surface area contributed by atoms with E-state index >= 15 is 0 Å². The highest BCUT2D eigenvalue weighted by Gasteiger charge is 2.25. The molecule has 0 radical (unpaired) electrons. The van der Waals surface area contributed by atoms with Gasteiger partial charge in [-0.1, -0.05) is 20.8 Å². The van der Waals surface area contributed by atoms with E-state index in [-0.39, 0.29) is 11.0 Å². The number of hydrogen-bond donors (Lipinski definition) is 1. The average Bonchev–Trinajstić information content (AvgIpc) is 2.41. The van der Waals surface area contributed by atoms with Crippen LogP contribution in [0.5, 0.6) is 17.2 Å². The van der Waals surface area contributed by atoms with Gasteiger partial charge >= 0.3 is 0 Å². The fourth-order valence-electron chi connectivity index (χ4n) is 2.95. The first kappa shape index (κ1) is 18.6. The quantitative estimate of drug-likeness (QED) is 0.826. The number of hydrogen-bond acceptors (Lipinski definition) is 4. The molecule has 0 aliphatic heterocycles. The van der Waals surface area contributed by atoms with Crippen molar-refractivity contribution in [3.8, 4) is 17.2 Å². The Labute approximate surface area is 135 Å². The van der Waals surface area contributed by atoms with Gasteiger partial charge in [0.15, 0.2) is 11.5 Å². The monoisotopic (exact) mass is 309 g/mol. The highest BCUT2D eigenvalue weighted by atomic mass is 16.5. The maximum atomic E-state index is 5.48. The number of methoxy groups -OCH3 is 3. The summed E-state index contributed by atoms with van der Waals surface area (Å²) in [6.07, 6.45) is 1.08. The van der Waals surface area contributed by atoms with Gasteiger partial charge in [0.05, 0.1) is 21.3 Å². The summed E-state index contributed by atoms with van der Waals surface area (Å²) < 4.78 is 16.2. The second-order valence-electron chi connectivity index (χ2n) is 7.49. The van der Waals surface area contributed by atoms with Gasteiger partial charge in [-0.15, -0.1) is 0 Å². The molecule has 22 heavy (non-hydrogen) atoms. The molecule has 126 valence electrons. The van der Waals surface area contributed by atoms with E-state index in [0.29, 0.717) is 18.0 Å². The number of ether oxygens (including phenoxy) is 3. The van der Waals surface area contributed by atoms with Crippen LogP contribution in [0, 0.1) is 5.41 Å². The second kappa shape index (κ2) is 7.23. The van der Waals surface area contributed by atoms with Gasteiger partial charge in [-0.2, -0.15) is 0 Å². The summed E-state index contributed by atoms with van der Waals surface area (Å²) in [5.74, 6) is 2.20. The largest absolute Gasteiger partial charge is 0.496 e. The summed E-state index contributed by atoms with van der Waals surface area (Å²) in [6.45, 7) is 11.9. The standard InChI is InChI=1S/C18H31NO3/c1-17(2,3)12-18(4,5)19-11-13-9-15(21-7)16(22-8)10-14(13)20-6/h9-10,19H,11-12H2,1-8H3. The first-order chi connectivity index (χ1) is 10.1. The van der Waals surface area contributed by atoms with Crippen LogP contribution in [0.15, 0.2) is 12.1 Å². The van der Waals surface area contributed by atoms with E-state index in [1.165, 1.54) is 0 Å². The van der Waals surface area contributed by atoms with Crippen LogP contribution in [0.25, 0.3) is 0 Å². The Morgan fingerprint density at radius 1 is 0.818 bits per heavy atom. The van der Waals surface area contributed by atoms with Crippen LogP contribution in [0.4, 0.5) is 0 Å². The molecule has 0 aliphatic rings. The SMILES string of the molecule is COc1cc(OC)c(OC)cc1CNC(C)(C)CC(C)(C)C. The zero-order valence-corrected chi connectivity index (χ0v) is 15.3. The molecule has 0 heterocycles. The zero-order chi connectivity index (χ0) is 17.0. The van der Waals surface area contributed by atoms with Gasteiger partial charge in [0.1, 0.15) is 5.75 Å². The molecule has 0 aromatic heterocycles. The zero-order valence-electron chi connectivity index (χ0n) is 15.3. The van der Waals surface area contributed by atoms with Gasteiger partial charge in [0.25, 0.3) is 0 Å². The number of benzene rings is 1. The fraction of sp³-hybridized carbons (Fsp3) is 0.667. The van der Waals surface area contributed by atoms with E-state index < -0.39 is 0 Å². The highest BCUT2D eigenvalue weighted by Crippen LogP contribution is 2.35. The molecule has 0 bridgehead atoms. The molecule has 0 aliphatic carbocycles. The minimum absolute atomic E-state index is 0.0381. The molecule has 1 aromatic rings. The van der Waals surface area contributed by atoms with Crippen LogP contribution >= 0.6 is 0 Å². The minimum Gasteiger partial charge on any atom is -0.496 e. The van der Waals surface area contributed by atoms with Crippen molar-refractivity contribution in [3.63, 3.8) is 0 Å². The van der Waals surface area contributed by atoms with E-state index in [2.05, 4.69) is 39.9 Å². The maximum Gasteiger partial charge on any atom is 0.164 e. The molecular weight excluding hydrogens is 278 g/mol. The van der Waals surface area contributed by atoms with Crippen molar-refractivity contribution in [2.75, 3.05) is 21.3 Å². The molecule has 0 unspecified atom stereocenters. The second-order valence-corrected chi connectivity index (χ2v) is 7.49. The summed E-state index contributed by atoms with van der Waals surface area (Å²) >= 11 is 0. The molecule has 1 N–H and O–H groups in total. The molecule has 1 rings (SSSR count). The molecule has 0 spiro atoms. The lowest BCUT2D eigenvalue weighted by atomic mass is 9.81.